The van der Waals surface area contributed by atoms with E-state index in [1.807, 2.05) is 12.1 Å². The lowest BCUT2D eigenvalue weighted by atomic mass is 10.1. The van der Waals surface area contributed by atoms with Crippen LogP contribution >= 0.6 is 15.9 Å². The summed E-state index contributed by atoms with van der Waals surface area (Å²) in [5.74, 6) is 0.325. The highest BCUT2D eigenvalue weighted by molar-refractivity contribution is 9.10. The van der Waals surface area contributed by atoms with Gasteiger partial charge in [-0.25, -0.2) is 0 Å². The fourth-order valence-electron chi connectivity index (χ4n) is 2.43. The summed E-state index contributed by atoms with van der Waals surface area (Å²) >= 11 is 3.60. The zero-order valence-corrected chi connectivity index (χ0v) is 14.4. The van der Waals surface area contributed by atoms with E-state index in [0.717, 1.165) is 12.8 Å². The van der Waals surface area contributed by atoms with Crippen molar-refractivity contribution in [2.24, 2.45) is 0 Å². The molecule has 0 amide bonds. The first-order valence-electron chi connectivity index (χ1n) is 7.27. The summed E-state index contributed by atoms with van der Waals surface area (Å²) in [7, 11) is 0. The highest BCUT2D eigenvalue weighted by atomic mass is 79.9. The standard InChI is InChI=1S/C18H22BrNO/c1-12-10-16(11-13(2)18(12)19)20-14(3)4-5-15-6-8-17(21)9-7-15/h6-11,14,20-21H,4-5H2,1-3H3. The Morgan fingerprint density at radius 1 is 1.10 bits per heavy atom. The summed E-state index contributed by atoms with van der Waals surface area (Å²) < 4.78 is 1.18. The molecule has 0 aliphatic rings. The van der Waals surface area contributed by atoms with Crippen LogP contribution in [0, 0.1) is 13.8 Å². The number of hydrogen-bond donors (Lipinski definition) is 2. The number of rotatable bonds is 5. The molecule has 0 heterocycles. The Balaban J connectivity index is 1.92. The molecule has 2 N–H and O–H groups in total. The van der Waals surface area contributed by atoms with Crippen LogP contribution in [-0.2, 0) is 6.42 Å². The maximum Gasteiger partial charge on any atom is 0.115 e. The van der Waals surface area contributed by atoms with Gasteiger partial charge >= 0.3 is 0 Å². The molecular formula is C18H22BrNO. The van der Waals surface area contributed by atoms with Gasteiger partial charge in [-0.05, 0) is 74.6 Å². The Morgan fingerprint density at radius 3 is 2.24 bits per heavy atom. The Labute approximate surface area is 135 Å². The van der Waals surface area contributed by atoms with Gasteiger partial charge in [-0.15, -0.1) is 0 Å². The molecule has 0 spiro atoms. The molecule has 0 radical (unpaired) electrons. The largest absolute Gasteiger partial charge is 0.508 e. The van der Waals surface area contributed by atoms with E-state index in [4.69, 9.17) is 0 Å². The van der Waals surface area contributed by atoms with Gasteiger partial charge in [-0.1, -0.05) is 28.1 Å². The number of hydrogen-bond acceptors (Lipinski definition) is 2. The Hall–Kier alpha value is -1.48. The van der Waals surface area contributed by atoms with Gasteiger partial charge in [0.25, 0.3) is 0 Å². The summed E-state index contributed by atoms with van der Waals surface area (Å²) in [5.41, 5.74) is 4.93. The Morgan fingerprint density at radius 2 is 1.67 bits per heavy atom. The normalized spacial score (nSPS) is 12.2. The molecule has 0 saturated heterocycles. The second-order valence-corrected chi connectivity index (χ2v) is 6.47. The van der Waals surface area contributed by atoms with E-state index in [1.165, 1.54) is 26.9 Å². The molecule has 0 bridgehead atoms. The average molecular weight is 348 g/mol. The third-order valence-corrected chi connectivity index (χ3v) is 4.90. The molecule has 112 valence electrons. The average Bonchev–Trinajstić information content (AvgIpc) is 2.44. The molecule has 1 unspecified atom stereocenters. The van der Waals surface area contributed by atoms with Crippen molar-refractivity contribution >= 4 is 21.6 Å². The van der Waals surface area contributed by atoms with E-state index >= 15 is 0 Å². The van der Waals surface area contributed by atoms with Gasteiger partial charge in [-0.2, -0.15) is 0 Å². The second-order valence-electron chi connectivity index (χ2n) is 5.67. The number of benzene rings is 2. The molecule has 3 heteroatoms. The monoisotopic (exact) mass is 347 g/mol. The van der Waals surface area contributed by atoms with E-state index < -0.39 is 0 Å². The maximum absolute atomic E-state index is 9.29. The number of aromatic hydroxyl groups is 1. The van der Waals surface area contributed by atoms with Gasteiger partial charge in [0.2, 0.25) is 0 Å². The lowest BCUT2D eigenvalue weighted by Gasteiger charge is -2.17. The fraction of sp³-hybridized carbons (Fsp3) is 0.333. The Bertz CT molecular complexity index is 584. The molecule has 1 atom stereocenters. The molecule has 0 aliphatic carbocycles. The topological polar surface area (TPSA) is 32.3 Å². The number of nitrogens with one attached hydrogen (secondary N) is 1. The first kappa shape index (κ1) is 15.9. The molecule has 21 heavy (non-hydrogen) atoms. The van der Waals surface area contributed by atoms with Crippen LogP contribution in [0.1, 0.15) is 30.0 Å². The zero-order valence-electron chi connectivity index (χ0n) is 12.8. The number of phenolic OH excluding ortho intramolecular Hbond substituents is 1. The molecule has 0 saturated carbocycles. The van der Waals surface area contributed by atoms with Crippen LogP contribution in [-0.4, -0.2) is 11.1 Å². The van der Waals surface area contributed by atoms with E-state index in [-0.39, 0.29) is 0 Å². The summed E-state index contributed by atoms with van der Waals surface area (Å²) in [6.45, 7) is 6.43. The second kappa shape index (κ2) is 6.99. The molecule has 2 nitrogen and oxygen atoms in total. The van der Waals surface area contributed by atoms with Gasteiger partial charge in [0, 0.05) is 16.2 Å². The number of halogens is 1. The smallest absolute Gasteiger partial charge is 0.115 e. The molecule has 2 aromatic rings. The van der Waals surface area contributed by atoms with Crippen molar-refractivity contribution in [2.45, 2.75) is 39.7 Å². The van der Waals surface area contributed by atoms with Crippen molar-refractivity contribution in [1.82, 2.24) is 0 Å². The lowest BCUT2D eigenvalue weighted by molar-refractivity contribution is 0.475. The lowest BCUT2D eigenvalue weighted by Crippen LogP contribution is -2.16. The van der Waals surface area contributed by atoms with E-state index in [9.17, 15) is 5.11 Å². The van der Waals surface area contributed by atoms with Crippen molar-refractivity contribution in [3.8, 4) is 5.75 Å². The summed E-state index contributed by atoms with van der Waals surface area (Å²) in [5, 5.41) is 12.8. The first-order valence-corrected chi connectivity index (χ1v) is 8.06. The van der Waals surface area contributed by atoms with E-state index in [1.54, 1.807) is 12.1 Å². The first-order chi connectivity index (χ1) is 9.95. The quantitative estimate of drug-likeness (QED) is 0.778. The van der Waals surface area contributed by atoms with Crippen LogP contribution in [0.2, 0.25) is 0 Å². The zero-order chi connectivity index (χ0) is 15.4. The van der Waals surface area contributed by atoms with Crippen LogP contribution in [0.25, 0.3) is 0 Å². The minimum atomic E-state index is 0.325. The van der Waals surface area contributed by atoms with Gasteiger partial charge < -0.3 is 10.4 Å². The highest BCUT2D eigenvalue weighted by Gasteiger charge is 2.06. The van der Waals surface area contributed by atoms with Crippen molar-refractivity contribution in [3.63, 3.8) is 0 Å². The van der Waals surface area contributed by atoms with Crippen molar-refractivity contribution < 1.29 is 5.11 Å². The predicted octanol–water partition coefficient (Wildman–Crippen LogP) is 5.20. The third-order valence-electron chi connectivity index (χ3n) is 3.65. The molecule has 0 aromatic heterocycles. The molecular weight excluding hydrogens is 326 g/mol. The number of aryl methyl sites for hydroxylation is 3. The predicted molar refractivity (Wildman–Crippen MR) is 93.1 cm³/mol. The van der Waals surface area contributed by atoms with Crippen LogP contribution in [0.3, 0.4) is 0 Å². The molecule has 0 fully saturated rings. The van der Waals surface area contributed by atoms with Gasteiger partial charge in [0.05, 0.1) is 0 Å². The molecule has 0 aliphatic heterocycles. The van der Waals surface area contributed by atoms with Crippen LogP contribution < -0.4 is 5.32 Å². The molecule has 2 rings (SSSR count). The van der Waals surface area contributed by atoms with Gasteiger partial charge in [-0.3, -0.25) is 0 Å². The van der Waals surface area contributed by atoms with Gasteiger partial charge in [0.15, 0.2) is 0 Å². The minimum absolute atomic E-state index is 0.325. The third kappa shape index (κ3) is 4.50. The van der Waals surface area contributed by atoms with Gasteiger partial charge in [0.1, 0.15) is 5.75 Å². The summed E-state index contributed by atoms with van der Waals surface area (Å²) in [4.78, 5) is 0. The fourth-order valence-corrected chi connectivity index (χ4v) is 2.66. The SMILES string of the molecule is Cc1cc(NC(C)CCc2ccc(O)cc2)cc(C)c1Br. The Kier molecular flexibility index (Phi) is 5.29. The van der Waals surface area contributed by atoms with Crippen molar-refractivity contribution in [3.05, 3.63) is 57.6 Å². The van der Waals surface area contributed by atoms with Crippen LogP contribution in [0.5, 0.6) is 5.75 Å². The summed E-state index contributed by atoms with van der Waals surface area (Å²) in [6.07, 6.45) is 2.06. The van der Waals surface area contributed by atoms with Crippen molar-refractivity contribution in [2.75, 3.05) is 5.32 Å². The number of anilines is 1. The molecule has 2 aromatic carbocycles. The maximum atomic E-state index is 9.29. The van der Waals surface area contributed by atoms with E-state index in [0.29, 0.717) is 11.8 Å². The number of phenols is 1. The van der Waals surface area contributed by atoms with E-state index in [2.05, 4.69) is 54.2 Å². The van der Waals surface area contributed by atoms with Crippen LogP contribution in [0.15, 0.2) is 40.9 Å². The summed E-state index contributed by atoms with van der Waals surface area (Å²) in [6, 6.07) is 12.2. The minimum Gasteiger partial charge on any atom is -0.508 e. The van der Waals surface area contributed by atoms with Crippen LogP contribution in [0.4, 0.5) is 5.69 Å². The van der Waals surface area contributed by atoms with Crippen molar-refractivity contribution in [1.29, 1.82) is 0 Å². The highest BCUT2D eigenvalue weighted by Crippen LogP contribution is 2.25.